The molecule has 0 saturated heterocycles. The number of thiocarbonyl (C=S) groups is 1. The molecule has 0 heterocycles. The van der Waals surface area contributed by atoms with Gasteiger partial charge in [0.2, 0.25) is 0 Å². The fourth-order valence-electron chi connectivity index (χ4n) is 1.88. The fraction of sp³-hybridized carbons (Fsp3) is 0.125. The number of nitrogens with one attached hydrogen (secondary N) is 1. The van der Waals surface area contributed by atoms with Gasteiger partial charge >= 0.3 is 0 Å². The van der Waals surface area contributed by atoms with Crippen LogP contribution in [0.3, 0.4) is 0 Å². The highest BCUT2D eigenvalue weighted by molar-refractivity contribution is 9.10. The minimum Gasteiger partial charge on any atom is -0.389 e. The summed E-state index contributed by atoms with van der Waals surface area (Å²) in [5, 5.41) is 2.90. The summed E-state index contributed by atoms with van der Waals surface area (Å²) in [5.41, 5.74) is 9.04. The molecular weight excluding hydrogens is 348 g/mol. The maximum absolute atomic E-state index is 12.2. The maximum Gasteiger partial charge on any atom is 0.252 e. The van der Waals surface area contributed by atoms with Gasteiger partial charge in [0.05, 0.1) is 5.56 Å². The first-order valence-corrected chi connectivity index (χ1v) is 7.60. The molecule has 0 aliphatic carbocycles. The molecule has 21 heavy (non-hydrogen) atoms. The van der Waals surface area contributed by atoms with Gasteiger partial charge in [0.15, 0.2) is 0 Å². The van der Waals surface area contributed by atoms with E-state index < -0.39 is 0 Å². The number of nitrogens with two attached hydrogens (primary N) is 1. The molecule has 0 fully saturated rings. The summed E-state index contributed by atoms with van der Waals surface area (Å²) in [7, 11) is 0. The van der Waals surface area contributed by atoms with Crippen LogP contribution in [0.5, 0.6) is 0 Å². The highest BCUT2D eigenvalue weighted by Gasteiger charge is 2.09. The van der Waals surface area contributed by atoms with Gasteiger partial charge in [-0.05, 0) is 40.5 Å². The smallest absolute Gasteiger partial charge is 0.252 e. The molecule has 0 spiro atoms. The molecule has 0 unspecified atom stereocenters. The number of amides is 1. The number of rotatable bonds is 4. The first-order chi connectivity index (χ1) is 9.97. The predicted octanol–water partition coefficient (Wildman–Crippen LogP) is 3.32. The van der Waals surface area contributed by atoms with E-state index in [-0.39, 0.29) is 5.91 Å². The second-order valence-electron chi connectivity index (χ2n) is 4.73. The average molecular weight is 363 g/mol. The third-order valence-electron chi connectivity index (χ3n) is 3.06. The lowest BCUT2D eigenvalue weighted by molar-refractivity contribution is 0.0950. The lowest BCUT2D eigenvalue weighted by Gasteiger charge is -2.08. The van der Waals surface area contributed by atoms with Crippen LogP contribution in [0.2, 0.25) is 0 Å². The van der Waals surface area contributed by atoms with E-state index in [1.165, 1.54) is 0 Å². The second kappa shape index (κ2) is 6.83. The summed E-state index contributed by atoms with van der Waals surface area (Å²) >= 11 is 8.30. The molecule has 0 bridgehead atoms. The zero-order valence-corrected chi connectivity index (χ0v) is 13.9. The average Bonchev–Trinajstić information content (AvgIpc) is 2.47. The summed E-state index contributed by atoms with van der Waals surface area (Å²) in [5.74, 6) is -0.107. The number of halogens is 1. The molecule has 2 aromatic carbocycles. The standard InChI is InChI=1S/C16H15BrN2OS/c1-10-2-7-14(17)13(8-10)16(20)19-9-11-3-5-12(6-4-11)15(18)21/h2-8H,9H2,1H3,(H2,18,21)(H,19,20). The number of hydrogen-bond acceptors (Lipinski definition) is 2. The van der Waals surface area contributed by atoms with E-state index in [0.29, 0.717) is 17.1 Å². The zero-order valence-electron chi connectivity index (χ0n) is 11.5. The summed E-state index contributed by atoms with van der Waals surface area (Å²) in [6.07, 6.45) is 0. The van der Waals surface area contributed by atoms with Gasteiger partial charge in [-0.1, -0.05) is 48.1 Å². The van der Waals surface area contributed by atoms with Gasteiger partial charge in [0.25, 0.3) is 5.91 Å². The van der Waals surface area contributed by atoms with E-state index in [1.807, 2.05) is 49.4 Å². The Bertz CT molecular complexity index is 683. The number of benzene rings is 2. The maximum atomic E-state index is 12.2. The third kappa shape index (κ3) is 4.12. The Hall–Kier alpha value is -1.72. The van der Waals surface area contributed by atoms with Gasteiger partial charge in [-0.25, -0.2) is 0 Å². The Morgan fingerprint density at radius 3 is 2.52 bits per heavy atom. The van der Waals surface area contributed by atoms with Crippen LogP contribution in [0.1, 0.15) is 27.0 Å². The lowest BCUT2D eigenvalue weighted by atomic mass is 10.1. The molecule has 0 aromatic heterocycles. The Morgan fingerprint density at radius 1 is 1.24 bits per heavy atom. The van der Waals surface area contributed by atoms with Crippen molar-refractivity contribution < 1.29 is 4.79 Å². The topological polar surface area (TPSA) is 55.1 Å². The van der Waals surface area contributed by atoms with E-state index in [0.717, 1.165) is 21.2 Å². The van der Waals surface area contributed by atoms with Gasteiger partial charge < -0.3 is 11.1 Å². The molecule has 5 heteroatoms. The quantitative estimate of drug-likeness (QED) is 0.820. The Kier molecular flexibility index (Phi) is 5.09. The first-order valence-electron chi connectivity index (χ1n) is 6.40. The van der Waals surface area contributed by atoms with Gasteiger partial charge in [-0.2, -0.15) is 0 Å². The highest BCUT2D eigenvalue weighted by atomic mass is 79.9. The van der Waals surface area contributed by atoms with Crippen molar-refractivity contribution in [3.05, 3.63) is 69.2 Å². The fourth-order valence-corrected chi connectivity index (χ4v) is 2.44. The summed E-state index contributed by atoms with van der Waals surface area (Å²) in [6, 6.07) is 13.2. The number of hydrogen-bond donors (Lipinski definition) is 2. The molecule has 0 radical (unpaired) electrons. The second-order valence-corrected chi connectivity index (χ2v) is 6.02. The molecule has 3 nitrogen and oxygen atoms in total. The van der Waals surface area contributed by atoms with Crippen molar-refractivity contribution in [3.8, 4) is 0 Å². The molecule has 2 rings (SSSR count). The normalized spacial score (nSPS) is 10.2. The summed E-state index contributed by atoms with van der Waals surface area (Å²) in [6.45, 7) is 2.41. The van der Waals surface area contributed by atoms with Crippen LogP contribution < -0.4 is 11.1 Å². The van der Waals surface area contributed by atoms with Crippen LogP contribution in [0.15, 0.2) is 46.9 Å². The van der Waals surface area contributed by atoms with E-state index in [2.05, 4.69) is 21.2 Å². The lowest BCUT2D eigenvalue weighted by Crippen LogP contribution is -2.23. The van der Waals surface area contributed by atoms with E-state index in [4.69, 9.17) is 18.0 Å². The highest BCUT2D eigenvalue weighted by Crippen LogP contribution is 2.18. The summed E-state index contributed by atoms with van der Waals surface area (Å²) < 4.78 is 0.787. The van der Waals surface area contributed by atoms with Gasteiger partial charge in [0, 0.05) is 16.6 Å². The van der Waals surface area contributed by atoms with Crippen LogP contribution in [0.25, 0.3) is 0 Å². The van der Waals surface area contributed by atoms with Gasteiger partial charge in [-0.15, -0.1) is 0 Å². The first kappa shape index (κ1) is 15.7. The van der Waals surface area contributed by atoms with Crippen molar-refractivity contribution in [2.75, 3.05) is 0 Å². The largest absolute Gasteiger partial charge is 0.389 e. The van der Waals surface area contributed by atoms with Crippen LogP contribution >= 0.6 is 28.1 Å². The molecule has 0 aliphatic heterocycles. The number of aryl methyl sites for hydroxylation is 1. The van der Waals surface area contributed by atoms with Crippen molar-refractivity contribution in [3.63, 3.8) is 0 Å². The zero-order chi connectivity index (χ0) is 15.4. The monoisotopic (exact) mass is 362 g/mol. The molecule has 108 valence electrons. The van der Waals surface area contributed by atoms with Crippen LogP contribution in [0, 0.1) is 6.92 Å². The van der Waals surface area contributed by atoms with Crippen molar-refractivity contribution in [1.82, 2.24) is 5.32 Å². The molecule has 0 atom stereocenters. The van der Waals surface area contributed by atoms with Crippen LogP contribution in [-0.4, -0.2) is 10.9 Å². The number of carbonyl (C=O) groups excluding carboxylic acids is 1. The van der Waals surface area contributed by atoms with Gasteiger partial charge in [-0.3, -0.25) is 4.79 Å². The molecule has 0 saturated carbocycles. The molecule has 3 N–H and O–H groups in total. The third-order valence-corrected chi connectivity index (χ3v) is 3.99. The minimum absolute atomic E-state index is 0.107. The molecule has 1 amide bonds. The molecule has 0 aliphatic rings. The Labute approximate surface area is 137 Å². The Morgan fingerprint density at radius 2 is 1.90 bits per heavy atom. The SMILES string of the molecule is Cc1ccc(Br)c(C(=O)NCc2ccc(C(N)=S)cc2)c1. The minimum atomic E-state index is -0.107. The number of carbonyl (C=O) groups is 1. The van der Waals surface area contributed by atoms with E-state index in [1.54, 1.807) is 0 Å². The molecule has 2 aromatic rings. The van der Waals surface area contributed by atoms with Crippen molar-refractivity contribution in [2.24, 2.45) is 5.73 Å². The van der Waals surface area contributed by atoms with Crippen molar-refractivity contribution in [1.29, 1.82) is 0 Å². The molecular formula is C16H15BrN2OS. The van der Waals surface area contributed by atoms with Crippen LogP contribution in [0.4, 0.5) is 0 Å². The Balaban J connectivity index is 2.04. The van der Waals surface area contributed by atoms with Crippen molar-refractivity contribution >= 4 is 39.0 Å². The van der Waals surface area contributed by atoms with Crippen LogP contribution in [-0.2, 0) is 6.54 Å². The summed E-state index contributed by atoms with van der Waals surface area (Å²) in [4.78, 5) is 12.6. The van der Waals surface area contributed by atoms with E-state index in [9.17, 15) is 4.79 Å². The predicted molar refractivity (Wildman–Crippen MR) is 92.4 cm³/mol. The van der Waals surface area contributed by atoms with E-state index >= 15 is 0 Å². The van der Waals surface area contributed by atoms with Crippen molar-refractivity contribution in [2.45, 2.75) is 13.5 Å². The van der Waals surface area contributed by atoms with Gasteiger partial charge in [0.1, 0.15) is 4.99 Å².